The minimum atomic E-state index is -0.0298. The van der Waals surface area contributed by atoms with Crippen LogP contribution in [-0.2, 0) is 4.79 Å². The smallest absolute Gasteiger partial charge is 0.225 e. The summed E-state index contributed by atoms with van der Waals surface area (Å²) in [6.45, 7) is 2.04. The van der Waals surface area contributed by atoms with Gasteiger partial charge in [-0.25, -0.2) is 0 Å². The van der Waals surface area contributed by atoms with E-state index in [1.54, 1.807) is 0 Å². The SMILES string of the molecule is CCCCC(=O)Nc1[nH]ncc1N. The average Bonchev–Trinajstić information content (AvgIpc) is 2.48. The van der Waals surface area contributed by atoms with Gasteiger partial charge in [-0.1, -0.05) is 13.3 Å². The number of nitrogens with zero attached hydrogens (tertiary/aromatic N) is 1. The largest absolute Gasteiger partial charge is 0.394 e. The van der Waals surface area contributed by atoms with Gasteiger partial charge in [0.05, 0.1) is 11.9 Å². The summed E-state index contributed by atoms with van der Waals surface area (Å²) in [6.07, 6.45) is 3.89. The summed E-state index contributed by atoms with van der Waals surface area (Å²) in [4.78, 5) is 11.2. The molecule has 0 saturated heterocycles. The summed E-state index contributed by atoms with van der Waals surface area (Å²) in [7, 11) is 0. The van der Waals surface area contributed by atoms with Crippen LogP contribution >= 0.6 is 0 Å². The minimum absolute atomic E-state index is 0.0298. The second-order valence-electron chi connectivity index (χ2n) is 2.85. The Hall–Kier alpha value is -1.52. The number of H-pyrrole nitrogens is 1. The van der Waals surface area contributed by atoms with Crippen LogP contribution in [0.25, 0.3) is 0 Å². The number of aromatic nitrogens is 2. The van der Waals surface area contributed by atoms with Gasteiger partial charge in [-0.05, 0) is 6.42 Å². The number of aromatic amines is 1. The Bertz CT molecular complexity index is 281. The van der Waals surface area contributed by atoms with Gasteiger partial charge in [-0.2, -0.15) is 5.10 Å². The number of hydrogen-bond donors (Lipinski definition) is 3. The van der Waals surface area contributed by atoms with E-state index in [1.165, 1.54) is 6.20 Å². The number of amides is 1. The van der Waals surface area contributed by atoms with Crippen molar-refractivity contribution in [2.45, 2.75) is 26.2 Å². The van der Waals surface area contributed by atoms with Gasteiger partial charge in [-0.3, -0.25) is 9.89 Å². The summed E-state index contributed by atoms with van der Waals surface area (Å²) in [6, 6.07) is 0. The quantitative estimate of drug-likeness (QED) is 0.652. The minimum Gasteiger partial charge on any atom is -0.394 e. The highest BCUT2D eigenvalue weighted by Crippen LogP contribution is 2.12. The Morgan fingerprint density at radius 1 is 1.77 bits per heavy atom. The molecule has 0 bridgehead atoms. The van der Waals surface area contributed by atoms with E-state index in [9.17, 15) is 4.79 Å². The molecule has 13 heavy (non-hydrogen) atoms. The zero-order chi connectivity index (χ0) is 9.68. The second-order valence-corrected chi connectivity index (χ2v) is 2.85. The number of carbonyl (C=O) groups excluding carboxylic acids is 1. The van der Waals surface area contributed by atoms with Crippen LogP contribution < -0.4 is 11.1 Å². The number of nitrogens with two attached hydrogens (primary N) is 1. The first kappa shape index (κ1) is 9.57. The molecule has 72 valence electrons. The summed E-state index contributed by atoms with van der Waals surface area (Å²) in [5.74, 6) is 0.457. The fraction of sp³-hybridized carbons (Fsp3) is 0.500. The van der Waals surface area contributed by atoms with Gasteiger partial charge in [0.2, 0.25) is 5.91 Å². The molecule has 1 rings (SSSR count). The van der Waals surface area contributed by atoms with Crippen LogP contribution in [0.1, 0.15) is 26.2 Å². The van der Waals surface area contributed by atoms with Gasteiger partial charge in [0.25, 0.3) is 0 Å². The topological polar surface area (TPSA) is 83.8 Å². The van der Waals surface area contributed by atoms with E-state index in [4.69, 9.17) is 5.73 Å². The van der Waals surface area contributed by atoms with E-state index in [-0.39, 0.29) is 5.91 Å². The second kappa shape index (κ2) is 4.49. The molecular weight excluding hydrogens is 168 g/mol. The maximum absolute atomic E-state index is 11.2. The predicted molar refractivity (Wildman–Crippen MR) is 51.2 cm³/mol. The molecule has 0 aliphatic carbocycles. The van der Waals surface area contributed by atoms with E-state index in [0.717, 1.165) is 12.8 Å². The van der Waals surface area contributed by atoms with E-state index in [1.807, 2.05) is 6.92 Å². The molecule has 0 atom stereocenters. The molecule has 0 radical (unpaired) electrons. The van der Waals surface area contributed by atoms with Crippen molar-refractivity contribution in [3.8, 4) is 0 Å². The van der Waals surface area contributed by atoms with Crippen molar-refractivity contribution < 1.29 is 4.79 Å². The van der Waals surface area contributed by atoms with Crippen LogP contribution in [0.4, 0.5) is 11.5 Å². The fourth-order valence-electron chi connectivity index (χ4n) is 0.935. The molecule has 0 aliphatic rings. The molecule has 5 heteroatoms. The highest BCUT2D eigenvalue weighted by Gasteiger charge is 2.05. The summed E-state index contributed by atoms with van der Waals surface area (Å²) in [5.41, 5.74) is 5.97. The highest BCUT2D eigenvalue weighted by atomic mass is 16.1. The number of anilines is 2. The summed E-state index contributed by atoms with van der Waals surface area (Å²) < 4.78 is 0. The van der Waals surface area contributed by atoms with Crippen molar-refractivity contribution in [3.63, 3.8) is 0 Å². The van der Waals surface area contributed by atoms with Crippen LogP contribution in [0.5, 0.6) is 0 Å². The van der Waals surface area contributed by atoms with Gasteiger partial charge >= 0.3 is 0 Å². The lowest BCUT2D eigenvalue weighted by atomic mass is 10.2. The number of nitrogen functional groups attached to an aromatic ring is 1. The first-order valence-electron chi connectivity index (χ1n) is 4.32. The van der Waals surface area contributed by atoms with Crippen LogP contribution in [0.15, 0.2) is 6.20 Å². The number of nitrogens with one attached hydrogen (secondary N) is 2. The number of unbranched alkanes of at least 4 members (excludes halogenated alkanes) is 1. The lowest BCUT2D eigenvalue weighted by molar-refractivity contribution is -0.116. The molecule has 1 heterocycles. The summed E-state index contributed by atoms with van der Waals surface area (Å²) >= 11 is 0. The zero-order valence-electron chi connectivity index (χ0n) is 7.63. The molecular formula is C8H14N4O. The molecule has 5 nitrogen and oxygen atoms in total. The van der Waals surface area contributed by atoms with Gasteiger partial charge in [0.1, 0.15) is 0 Å². The van der Waals surface area contributed by atoms with Gasteiger partial charge in [0, 0.05) is 6.42 Å². The van der Waals surface area contributed by atoms with E-state index in [0.29, 0.717) is 17.9 Å². The molecule has 0 aliphatic heterocycles. The molecule has 0 spiro atoms. The standard InChI is InChI=1S/C8H14N4O/c1-2-3-4-7(13)11-8-6(9)5-10-12-8/h5H,2-4,9H2,1H3,(H2,10,11,12,13). The zero-order valence-corrected chi connectivity index (χ0v) is 7.63. The number of rotatable bonds is 4. The van der Waals surface area contributed by atoms with Crippen LogP contribution in [-0.4, -0.2) is 16.1 Å². The molecule has 0 saturated carbocycles. The van der Waals surface area contributed by atoms with Gasteiger partial charge < -0.3 is 11.1 Å². The molecule has 1 amide bonds. The van der Waals surface area contributed by atoms with E-state index >= 15 is 0 Å². The van der Waals surface area contributed by atoms with Gasteiger partial charge in [0.15, 0.2) is 5.82 Å². The molecule has 1 aromatic rings. The first-order valence-corrected chi connectivity index (χ1v) is 4.32. The Morgan fingerprint density at radius 2 is 2.54 bits per heavy atom. The highest BCUT2D eigenvalue weighted by molar-refractivity contribution is 5.92. The third kappa shape index (κ3) is 2.77. The fourth-order valence-corrected chi connectivity index (χ4v) is 0.935. The van der Waals surface area contributed by atoms with Gasteiger partial charge in [-0.15, -0.1) is 0 Å². The van der Waals surface area contributed by atoms with Crippen LogP contribution in [0.2, 0.25) is 0 Å². The Balaban J connectivity index is 2.41. The third-order valence-electron chi connectivity index (χ3n) is 1.69. The van der Waals surface area contributed by atoms with E-state index in [2.05, 4.69) is 15.5 Å². The van der Waals surface area contributed by atoms with Crippen molar-refractivity contribution in [2.24, 2.45) is 0 Å². The summed E-state index contributed by atoms with van der Waals surface area (Å²) in [5, 5.41) is 8.94. The molecule has 1 aromatic heterocycles. The maximum Gasteiger partial charge on any atom is 0.225 e. The molecule has 0 unspecified atom stereocenters. The van der Waals surface area contributed by atoms with Crippen LogP contribution in [0, 0.1) is 0 Å². The first-order chi connectivity index (χ1) is 6.24. The average molecular weight is 182 g/mol. The molecule has 0 aromatic carbocycles. The normalized spacial score (nSPS) is 9.92. The van der Waals surface area contributed by atoms with Crippen molar-refractivity contribution in [1.82, 2.24) is 10.2 Å². The van der Waals surface area contributed by atoms with Crippen molar-refractivity contribution in [3.05, 3.63) is 6.20 Å². The lowest BCUT2D eigenvalue weighted by Crippen LogP contribution is -2.12. The number of carbonyl (C=O) groups is 1. The monoisotopic (exact) mass is 182 g/mol. The number of hydrogen-bond acceptors (Lipinski definition) is 3. The third-order valence-corrected chi connectivity index (χ3v) is 1.69. The Kier molecular flexibility index (Phi) is 3.31. The van der Waals surface area contributed by atoms with Crippen molar-refractivity contribution in [1.29, 1.82) is 0 Å². The van der Waals surface area contributed by atoms with Crippen molar-refractivity contribution in [2.75, 3.05) is 11.1 Å². The lowest BCUT2D eigenvalue weighted by Gasteiger charge is -2.01. The van der Waals surface area contributed by atoms with E-state index < -0.39 is 0 Å². The maximum atomic E-state index is 11.2. The predicted octanol–water partition coefficient (Wildman–Crippen LogP) is 1.12. The Morgan fingerprint density at radius 3 is 3.08 bits per heavy atom. The molecule has 4 N–H and O–H groups in total. The Labute approximate surface area is 76.7 Å². The van der Waals surface area contributed by atoms with Crippen LogP contribution in [0.3, 0.4) is 0 Å². The molecule has 0 fully saturated rings. The van der Waals surface area contributed by atoms with Crippen molar-refractivity contribution >= 4 is 17.4 Å².